The fourth-order valence-electron chi connectivity index (χ4n) is 3.41. The van der Waals surface area contributed by atoms with Gasteiger partial charge >= 0.3 is 0 Å². The Morgan fingerprint density at radius 2 is 2.07 bits per heavy atom. The first kappa shape index (κ1) is 19.1. The van der Waals surface area contributed by atoms with Crippen molar-refractivity contribution >= 4 is 34.6 Å². The lowest BCUT2D eigenvalue weighted by atomic mass is 10.0. The van der Waals surface area contributed by atoms with Gasteiger partial charge in [0.1, 0.15) is 18.4 Å². The quantitative estimate of drug-likeness (QED) is 0.605. The molecule has 0 spiro atoms. The number of hydrogen-bond donors (Lipinski definition) is 2. The predicted molar refractivity (Wildman–Crippen MR) is 114 cm³/mol. The van der Waals surface area contributed by atoms with Crippen LogP contribution in [0.5, 0.6) is 0 Å². The van der Waals surface area contributed by atoms with Crippen molar-refractivity contribution in [2.75, 3.05) is 23.9 Å². The Morgan fingerprint density at radius 3 is 2.72 bits per heavy atom. The molecule has 0 saturated carbocycles. The maximum Gasteiger partial charge on any atom is 0.250 e. The summed E-state index contributed by atoms with van der Waals surface area (Å²) in [5.74, 6) is 0.577. The second-order valence-electron chi connectivity index (χ2n) is 6.54. The van der Waals surface area contributed by atoms with E-state index in [9.17, 15) is 4.79 Å². The molecule has 2 N–H and O–H groups in total. The average molecular weight is 408 g/mol. The highest BCUT2D eigenvalue weighted by molar-refractivity contribution is 7.80. The van der Waals surface area contributed by atoms with Crippen molar-refractivity contribution in [3.05, 3.63) is 78.5 Å². The van der Waals surface area contributed by atoms with Gasteiger partial charge in [0.15, 0.2) is 5.11 Å². The lowest BCUT2D eigenvalue weighted by molar-refractivity contribution is -0.119. The van der Waals surface area contributed by atoms with Gasteiger partial charge in [-0.05, 0) is 60.7 Å². The smallest absolute Gasteiger partial charge is 0.250 e. The van der Waals surface area contributed by atoms with Crippen LogP contribution in [0.15, 0.2) is 71.5 Å². The number of hydrogen-bond acceptors (Lipinski definition) is 5. The van der Waals surface area contributed by atoms with E-state index in [1.54, 1.807) is 12.5 Å². The zero-order valence-electron chi connectivity index (χ0n) is 15.7. The first-order valence-corrected chi connectivity index (χ1v) is 9.51. The van der Waals surface area contributed by atoms with Gasteiger partial charge in [0, 0.05) is 24.7 Å². The van der Waals surface area contributed by atoms with Crippen molar-refractivity contribution in [1.82, 2.24) is 10.3 Å². The van der Waals surface area contributed by atoms with Crippen LogP contribution in [0.1, 0.15) is 23.5 Å². The molecular weight excluding hydrogens is 388 g/mol. The fourth-order valence-corrected chi connectivity index (χ4v) is 3.76. The molecule has 3 aromatic rings. The Hall–Kier alpha value is -3.23. The van der Waals surface area contributed by atoms with Crippen molar-refractivity contribution in [3.8, 4) is 0 Å². The molecule has 3 heterocycles. The molecule has 8 heteroatoms. The molecule has 29 heavy (non-hydrogen) atoms. The number of thiocarbonyl (C=S) groups is 1. The number of carbonyl (C=O) groups excluding carboxylic acids is 1. The third-order valence-electron chi connectivity index (χ3n) is 4.64. The average Bonchev–Trinajstić information content (AvgIpc) is 3.37. The summed E-state index contributed by atoms with van der Waals surface area (Å²) in [5.41, 5.74) is 2.44. The van der Waals surface area contributed by atoms with Crippen LogP contribution >= 0.6 is 12.2 Å². The van der Waals surface area contributed by atoms with Gasteiger partial charge in [0.25, 0.3) is 0 Å². The van der Waals surface area contributed by atoms with Gasteiger partial charge in [-0.15, -0.1) is 0 Å². The summed E-state index contributed by atoms with van der Waals surface area (Å²) < 4.78 is 10.6. The molecule has 148 valence electrons. The zero-order valence-corrected chi connectivity index (χ0v) is 16.6. The monoisotopic (exact) mass is 408 g/mol. The molecule has 1 fully saturated rings. The van der Waals surface area contributed by atoms with Crippen molar-refractivity contribution < 1.29 is 13.9 Å². The van der Waals surface area contributed by atoms with Gasteiger partial charge in [-0.25, -0.2) is 0 Å². The number of nitrogens with one attached hydrogen (secondary N) is 2. The third kappa shape index (κ3) is 3.98. The lowest BCUT2D eigenvalue weighted by Crippen LogP contribution is -2.29. The molecule has 2 unspecified atom stereocenters. The number of nitrogens with zero attached hydrogens (tertiary/aromatic N) is 2. The summed E-state index contributed by atoms with van der Waals surface area (Å²) in [6.45, 7) is 0.00814. The van der Waals surface area contributed by atoms with E-state index in [1.807, 2.05) is 59.5 Å². The molecule has 0 radical (unpaired) electrons. The molecule has 2 atom stereocenters. The minimum atomic E-state index is -0.206. The molecule has 7 nitrogen and oxygen atoms in total. The summed E-state index contributed by atoms with van der Waals surface area (Å²) >= 11 is 5.65. The highest BCUT2D eigenvalue weighted by Crippen LogP contribution is 2.41. The molecule has 1 amide bonds. The number of rotatable bonds is 6. The molecule has 1 saturated heterocycles. The predicted octanol–water partition coefficient (Wildman–Crippen LogP) is 3.44. The van der Waals surface area contributed by atoms with Gasteiger partial charge in [-0.3, -0.25) is 9.78 Å². The second-order valence-corrected chi connectivity index (χ2v) is 6.93. The molecular formula is C21H20N4O3S. The Bertz CT molecular complexity index is 977. The number of pyridine rings is 1. The van der Waals surface area contributed by atoms with Gasteiger partial charge in [-0.2, -0.15) is 0 Å². The number of ether oxygens (including phenoxy) is 1. The standard InChI is InChI=1S/C21H20N4O3S/c1-27-13-18(26)23-14-7-9-15(10-8-14)25-20(17-6-4-12-28-17)19(24-21(25)29)16-5-2-3-11-22-16/h2-12,19-20H,13H2,1H3,(H,23,26)(H,24,29). The van der Waals surface area contributed by atoms with Gasteiger partial charge < -0.3 is 24.7 Å². The minimum Gasteiger partial charge on any atom is -0.467 e. The van der Waals surface area contributed by atoms with Gasteiger partial charge in [0.2, 0.25) is 5.91 Å². The van der Waals surface area contributed by atoms with Gasteiger partial charge in [-0.1, -0.05) is 6.07 Å². The van der Waals surface area contributed by atoms with E-state index >= 15 is 0 Å². The number of amides is 1. The zero-order chi connectivity index (χ0) is 20.2. The van der Waals surface area contributed by atoms with Crippen molar-refractivity contribution in [2.45, 2.75) is 12.1 Å². The van der Waals surface area contributed by atoms with E-state index in [-0.39, 0.29) is 24.6 Å². The van der Waals surface area contributed by atoms with E-state index < -0.39 is 0 Å². The summed E-state index contributed by atoms with van der Waals surface area (Å²) in [4.78, 5) is 18.2. The van der Waals surface area contributed by atoms with E-state index in [0.717, 1.165) is 17.1 Å². The molecule has 1 aliphatic heterocycles. The number of anilines is 2. The number of methoxy groups -OCH3 is 1. The Morgan fingerprint density at radius 1 is 1.24 bits per heavy atom. The van der Waals surface area contributed by atoms with Crippen LogP contribution < -0.4 is 15.5 Å². The highest BCUT2D eigenvalue weighted by Gasteiger charge is 2.42. The summed E-state index contributed by atoms with van der Waals surface area (Å²) in [6.07, 6.45) is 3.41. The first-order valence-electron chi connectivity index (χ1n) is 9.10. The summed E-state index contributed by atoms with van der Waals surface area (Å²) in [7, 11) is 1.48. The van der Waals surface area contributed by atoms with Gasteiger partial charge in [0.05, 0.1) is 18.0 Å². The largest absolute Gasteiger partial charge is 0.467 e. The first-order chi connectivity index (χ1) is 14.2. The maximum absolute atomic E-state index is 11.7. The Balaban J connectivity index is 1.65. The fraction of sp³-hybridized carbons (Fsp3) is 0.190. The number of furan rings is 1. The molecule has 1 aromatic carbocycles. The van der Waals surface area contributed by atoms with Crippen molar-refractivity contribution in [2.24, 2.45) is 0 Å². The summed E-state index contributed by atoms with van der Waals surface area (Å²) in [6, 6.07) is 16.7. The molecule has 2 aromatic heterocycles. The normalized spacial score (nSPS) is 18.5. The Kier molecular flexibility index (Phi) is 5.55. The van der Waals surface area contributed by atoms with E-state index in [1.165, 1.54) is 7.11 Å². The van der Waals surface area contributed by atoms with Crippen LogP contribution in [0.3, 0.4) is 0 Å². The molecule has 0 aliphatic carbocycles. The summed E-state index contributed by atoms with van der Waals surface area (Å²) in [5, 5.41) is 6.74. The minimum absolute atomic E-state index is 0.00814. The van der Waals surface area contributed by atoms with Crippen molar-refractivity contribution in [1.29, 1.82) is 0 Å². The SMILES string of the molecule is COCC(=O)Nc1ccc(N2C(=S)NC(c3ccccn3)C2c2ccco2)cc1. The van der Waals surface area contributed by atoms with Crippen LogP contribution in [0, 0.1) is 0 Å². The maximum atomic E-state index is 11.7. The second kappa shape index (κ2) is 8.42. The topological polar surface area (TPSA) is 79.6 Å². The lowest BCUT2D eigenvalue weighted by Gasteiger charge is -2.26. The highest BCUT2D eigenvalue weighted by atomic mass is 32.1. The third-order valence-corrected chi connectivity index (χ3v) is 4.95. The molecule has 0 bridgehead atoms. The number of benzene rings is 1. The van der Waals surface area contributed by atoms with Crippen LogP contribution in [0.25, 0.3) is 0 Å². The Labute approximate surface area is 173 Å². The number of aromatic nitrogens is 1. The van der Waals surface area contributed by atoms with Crippen molar-refractivity contribution in [3.63, 3.8) is 0 Å². The van der Waals surface area contributed by atoms with Crippen LogP contribution in [0.4, 0.5) is 11.4 Å². The van der Waals surface area contributed by atoms with Crippen LogP contribution in [-0.2, 0) is 9.53 Å². The van der Waals surface area contributed by atoms with Crippen LogP contribution in [-0.4, -0.2) is 29.7 Å². The van der Waals surface area contributed by atoms with E-state index in [0.29, 0.717) is 10.8 Å². The van der Waals surface area contributed by atoms with E-state index in [4.69, 9.17) is 21.4 Å². The van der Waals surface area contributed by atoms with E-state index in [2.05, 4.69) is 15.6 Å². The molecule has 4 rings (SSSR count). The number of carbonyl (C=O) groups is 1. The van der Waals surface area contributed by atoms with Crippen LogP contribution in [0.2, 0.25) is 0 Å². The molecule has 1 aliphatic rings.